The van der Waals surface area contributed by atoms with Crippen LogP contribution in [0, 0.1) is 18.3 Å². The van der Waals surface area contributed by atoms with Gasteiger partial charge in [-0.1, -0.05) is 60.7 Å². The Morgan fingerprint density at radius 3 is 2.01 bits per heavy atom. The molecule has 2 aliphatic heterocycles. The number of methoxy groups -OCH3 is 2. The lowest BCUT2D eigenvalue weighted by molar-refractivity contribution is -0.288. The van der Waals surface area contributed by atoms with Crippen LogP contribution in [0.1, 0.15) is 69.2 Å². The molecule has 0 radical (unpaired) electrons. The van der Waals surface area contributed by atoms with Crippen LogP contribution in [0.25, 0.3) is 0 Å². The van der Waals surface area contributed by atoms with Crippen molar-refractivity contribution >= 4 is 13.7 Å². The number of anilines is 1. The maximum absolute atomic E-state index is 14.6. The van der Waals surface area contributed by atoms with Gasteiger partial charge in [-0.2, -0.15) is 14.8 Å². The van der Waals surface area contributed by atoms with Gasteiger partial charge in [0.05, 0.1) is 46.0 Å². The lowest BCUT2D eigenvalue weighted by Gasteiger charge is -2.46. The van der Waals surface area contributed by atoms with Crippen molar-refractivity contribution in [1.29, 1.82) is 5.26 Å². The Morgan fingerprint density at radius 1 is 0.901 bits per heavy atom. The number of rotatable bonds is 20. The third kappa shape index (κ3) is 10.1. The molecule has 0 aliphatic carbocycles. The number of H-pyrrole nitrogens is 1. The molecule has 2 saturated heterocycles. The molecule has 7 atom stereocenters. The molecule has 1 unspecified atom stereocenters. The maximum atomic E-state index is 14.6. The van der Waals surface area contributed by atoms with E-state index in [-0.39, 0.29) is 42.7 Å². The number of nitrogens with two attached hydrogens (primary N) is 1. The molecule has 7 rings (SSSR count). The number of nitriles is 1. The van der Waals surface area contributed by atoms with Gasteiger partial charge >= 0.3 is 19.2 Å². The molecule has 3 aromatic carbocycles. The topological polar surface area (TPSA) is 259 Å². The van der Waals surface area contributed by atoms with E-state index in [1.807, 2.05) is 111 Å². The third-order valence-corrected chi connectivity index (χ3v) is 16.0. The smallest absolute Gasteiger partial charge is 0.352 e. The molecule has 19 nitrogen and oxygen atoms in total. The molecule has 0 saturated carbocycles. The zero-order valence-corrected chi connectivity index (χ0v) is 41.8. The number of aliphatic hydroxyl groups excluding tert-OH is 2. The van der Waals surface area contributed by atoms with Gasteiger partial charge in [-0.15, -0.1) is 4.67 Å². The molecule has 6 N–H and O–H groups in total. The summed E-state index contributed by atoms with van der Waals surface area (Å²) in [7, 11) is -0.687. The quantitative estimate of drug-likeness (QED) is 0.0403. The second-order valence-corrected chi connectivity index (χ2v) is 20.6. The first-order valence-electron chi connectivity index (χ1n) is 23.3. The Labute approximate surface area is 412 Å². The Morgan fingerprint density at radius 2 is 1.48 bits per heavy atom. The van der Waals surface area contributed by atoms with E-state index >= 15 is 0 Å². The Bertz CT molecular complexity index is 2820. The predicted octanol–water partition coefficient (Wildman–Crippen LogP) is 4.68. The summed E-state index contributed by atoms with van der Waals surface area (Å²) in [5.41, 5.74) is -0.475. The van der Waals surface area contributed by atoms with Crippen molar-refractivity contribution in [2.24, 2.45) is 0 Å². The van der Waals surface area contributed by atoms with Gasteiger partial charge in [0.25, 0.3) is 5.56 Å². The van der Waals surface area contributed by atoms with Crippen LogP contribution in [0.4, 0.5) is 5.82 Å². The van der Waals surface area contributed by atoms with E-state index in [9.17, 15) is 34.8 Å². The minimum atomic E-state index is -3.82. The zero-order chi connectivity index (χ0) is 51.3. The fraction of sp³-hybridized carbons (Fsp3) is 0.431. The molecule has 2 aliphatic rings. The minimum Gasteiger partial charge on any atom is -0.497 e. The first kappa shape index (κ1) is 52.8. The van der Waals surface area contributed by atoms with E-state index < -0.39 is 85.7 Å². The monoisotopic (exact) mass is 996 g/mol. The van der Waals surface area contributed by atoms with Gasteiger partial charge in [0.15, 0.2) is 0 Å². The van der Waals surface area contributed by atoms with Crippen LogP contribution in [-0.2, 0) is 35.8 Å². The number of nitrogens with zero attached hydrogens (tertiary/aromatic N) is 5. The van der Waals surface area contributed by atoms with Crippen LogP contribution in [0.3, 0.4) is 0 Å². The van der Waals surface area contributed by atoms with E-state index in [1.54, 1.807) is 26.4 Å². The SMILES string of the molecule is COc1ccc(C(OC[C@H]2O[C@](n3cc(C)c(=O)[nH]c3=O)([C@]3(n4ccc(N)nc4=O)C[C@H](O)[C@@H](CO)O3)C[C@@H]2O[P+](O)(CC=CCC#N)N(C(C)C)C(C)C)(c2ccccc2)c2ccc(OC)cc2)cc1. The second kappa shape index (κ2) is 21.8. The van der Waals surface area contributed by atoms with Crippen molar-refractivity contribution in [3.8, 4) is 17.6 Å². The van der Waals surface area contributed by atoms with Crippen LogP contribution in [0.2, 0.25) is 0 Å². The predicted molar refractivity (Wildman–Crippen MR) is 266 cm³/mol. The van der Waals surface area contributed by atoms with Crippen molar-refractivity contribution in [2.45, 2.75) is 107 Å². The summed E-state index contributed by atoms with van der Waals surface area (Å²) in [5.74, 6) is 1.05. The highest BCUT2D eigenvalue weighted by molar-refractivity contribution is 7.63. The molecule has 378 valence electrons. The fourth-order valence-corrected chi connectivity index (χ4v) is 12.9. The molecule has 2 aromatic heterocycles. The number of aromatic amines is 1. The summed E-state index contributed by atoms with van der Waals surface area (Å²) in [4.78, 5) is 61.7. The molecule has 0 spiro atoms. The van der Waals surface area contributed by atoms with Crippen LogP contribution in [-0.4, -0.2) is 109 Å². The summed E-state index contributed by atoms with van der Waals surface area (Å²) >= 11 is 0. The van der Waals surface area contributed by atoms with Gasteiger partial charge in [0.1, 0.15) is 47.4 Å². The molecule has 2 fully saturated rings. The van der Waals surface area contributed by atoms with E-state index in [0.29, 0.717) is 28.2 Å². The standard InChI is InChI=1S/C51H62N7O12P/c1-33(2)58(34(3)4)71(64,27-13-9-12-25-52)70-42-29-50(57-30-35(5)46(61)55-48(57)63,49(28-41(60)43(31-59)68-49)56-26-24-45(53)54-47(56)62)69-44(42)32-67-51(36-14-10-8-11-15-36,37-16-20-39(65-6)21-17-37)38-18-22-40(66-7)23-19-38/h8-11,13-24,26,30,33-34,41-44,59-60,64H,12,27-29,31-32H2,1-7H3,(H2-,53,54,55,61,62,63)/p+1/t41-,42-,43+,44+,49-,50-,71?/m0/s1. The zero-order valence-electron chi connectivity index (χ0n) is 40.9. The van der Waals surface area contributed by atoms with Gasteiger partial charge in [0.2, 0.25) is 11.4 Å². The Balaban J connectivity index is 1.53. The normalized spacial score (nSPS) is 23.4. The highest BCUT2D eigenvalue weighted by atomic mass is 31.2. The van der Waals surface area contributed by atoms with Crippen molar-refractivity contribution in [3.63, 3.8) is 0 Å². The average molecular weight is 997 g/mol. The van der Waals surface area contributed by atoms with E-state index in [0.717, 1.165) is 9.13 Å². The van der Waals surface area contributed by atoms with Gasteiger partial charge in [0, 0.05) is 42.9 Å². The van der Waals surface area contributed by atoms with Crippen molar-refractivity contribution in [1.82, 2.24) is 23.8 Å². The largest absolute Gasteiger partial charge is 0.497 e. The number of nitrogen functional groups attached to an aromatic ring is 1. The lowest BCUT2D eigenvalue weighted by Crippen LogP contribution is -2.63. The number of nitrogens with one attached hydrogen (secondary N) is 1. The van der Waals surface area contributed by atoms with Crippen LogP contribution in [0.15, 0.2) is 124 Å². The molecule has 71 heavy (non-hydrogen) atoms. The van der Waals surface area contributed by atoms with Crippen LogP contribution < -0.4 is 32.1 Å². The van der Waals surface area contributed by atoms with Crippen LogP contribution in [0.5, 0.6) is 11.5 Å². The van der Waals surface area contributed by atoms with Gasteiger partial charge in [-0.3, -0.25) is 18.9 Å². The first-order valence-corrected chi connectivity index (χ1v) is 25.1. The summed E-state index contributed by atoms with van der Waals surface area (Å²) in [6.07, 6.45) is -0.315. The number of allylic oxidation sites excluding steroid dienone is 2. The first-order chi connectivity index (χ1) is 33.9. The molecule has 0 amide bonds. The van der Waals surface area contributed by atoms with Crippen molar-refractivity contribution in [3.05, 3.63) is 163 Å². The van der Waals surface area contributed by atoms with E-state index in [1.165, 1.54) is 25.4 Å². The molecular weight excluding hydrogens is 934 g/mol. The van der Waals surface area contributed by atoms with Gasteiger partial charge in [-0.25, -0.2) is 14.5 Å². The highest BCUT2D eigenvalue weighted by Gasteiger charge is 2.70. The third-order valence-electron chi connectivity index (χ3n) is 13.1. The van der Waals surface area contributed by atoms with E-state index in [4.69, 9.17) is 33.9 Å². The van der Waals surface area contributed by atoms with Gasteiger partial charge < -0.3 is 39.6 Å². The molecule has 4 heterocycles. The fourth-order valence-electron chi connectivity index (χ4n) is 10.0. The number of aromatic nitrogens is 4. The minimum absolute atomic E-state index is 0.0419. The lowest BCUT2D eigenvalue weighted by atomic mass is 9.80. The summed E-state index contributed by atoms with van der Waals surface area (Å²) in [5, 5.41) is 31.9. The number of benzene rings is 3. The summed E-state index contributed by atoms with van der Waals surface area (Å²) in [6.45, 7) is 8.08. The number of aliphatic hydroxyl groups is 2. The Hall–Kier alpha value is -6.04. The van der Waals surface area contributed by atoms with Gasteiger partial charge in [-0.05, 0) is 87.7 Å². The average Bonchev–Trinajstić information content (AvgIpc) is 3.89. The van der Waals surface area contributed by atoms with Crippen molar-refractivity contribution in [2.75, 3.05) is 39.3 Å². The number of hydrogen-bond acceptors (Lipinski definition) is 16. The molecule has 0 bridgehead atoms. The molecule has 20 heteroatoms. The highest BCUT2D eigenvalue weighted by Crippen LogP contribution is 2.65. The van der Waals surface area contributed by atoms with Crippen molar-refractivity contribution < 1.29 is 43.3 Å². The number of hydrogen-bond donors (Lipinski definition) is 5. The van der Waals surface area contributed by atoms with Crippen LogP contribution >= 0.6 is 7.87 Å². The maximum Gasteiger partial charge on any atom is 0.352 e. The molecular formula is C51H63N7O12P+. The summed E-state index contributed by atoms with van der Waals surface area (Å²) < 4.78 is 43.9. The molecule has 5 aromatic rings. The summed E-state index contributed by atoms with van der Waals surface area (Å²) in [6, 6.07) is 27.1. The van der Waals surface area contributed by atoms with E-state index in [2.05, 4.69) is 16.0 Å². The number of aryl methyl sites for hydroxylation is 1. The Kier molecular flexibility index (Phi) is 16.2. The second-order valence-electron chi connectivity index (χ2n) is 18.2. The number of ether oxygens (including phenoxy) is 5.